The summed E-state index contributed by atoms with van der Waals surface area (Å²) in [6, 6.07) is 0. The molecule has 0 aromatic carbocycles. The van der Waals surface area contributed by atoms with E-state index in [2.05, 4.69) is 4.18 Å². The molecule has 3 nitrogen and oxygen atoms in total. The zero-order chi connectivity index (χ0) is 11.2. The summed E-state index contributed by atoms with van der Waals surface area (Å²) < 4.78 is 61.0. The maximum atomic E-state index is 11.9. The Morgan fingerprint density at radius 3 is 2.07 bits per heavy atom. The lowest BCUT2D eigenvalue weighted by Gasteiger charge is -2.43. The lowest BCUT2D eigenvalue weighted by molar-refractivity contribution is -0.0762. The van der Waals surface area contributed by atoms with E-state index in [4.69, 9.17) is 0 Å². The smallest absolute Gasteiger partial charge is 0.259 e. The molecular formula is C7H11F3O3S. The lowest BCUT2D eigenvalue weighted by Crippen LogP contribution is -2.45. The van der Waals surface area contributed by atoms with Gasteiger partial charge in [0, 0.05) is 0 Å². The van der Waals surface area contributed by atoms with Crippen molar-refractivity contribution in [2.75, 3.05) is 0 Å². The topological polar surface area (TPSA) is 43.4 Å². The van der Waals surface area contributed by atoms with Crippen LogP contribution in [-0.4, -0.2) is 20.0 Å². The largest absolute Gasteiger partial charge is 0.523 e. The van der Waals surface area contributed by atoms with Crippen molar-refractivity contribution in [2.45, 2.75) is 38.3 Å². The number of hydrogen-bond donors (Lipinski definition) is 0. The van der Waals surface area contributed by atoms with E-state index in [0.29, 0.717) is 12.8 Å². The van der Waals surface area contributed by atoms with Crippen molar-refractivity contribution in [1.82, 2.24) is 0 Å². The molecule has 0 heterocycles. The number of alkyl halides is 3. The van der Waals surface area contributed by atoms with Crippen LogP contribution < -0.4 is 0 Å². The second-order valence-corrected chi connectivity index (χ2v) is 5.58. The van der Waals surface area contributed by atoms with Crippen LogP contribution in [0.25, 0.3) is 0 Å². The van der Waals surface area contributed by atoms with Gasteiger partial charge in [0.15, 0.2) is 0 Å². The van der Waals surface area contributed by atoms with E-state index >= 15 is 0 Å². The second kappa shape index (κ2) is 3.10. The maximum Gasteiger partial charge on any atom is 0.523 e. The third-order valence-corrected chi connectivity index (χ3v) is 3.50. The molecule has 0 radical (unpaired) electrons. The summed E-state index contributed by atoms with van der Waals surface area (Å²) in [7, 11) is -5.43. The first-order valence-electron chi connectivity index (χ1n) is 4.06. The minimum Gasteiger partial charge on any atom is -0.259 e. The van der Waals surface area contributed by atoms with Gasteiger partial charge in [-0.1, -0.05) is 13.8 Å². The van der Waals surface area contributed by atoms with Crippen LogP contribution in [-0.2, 0) is 14.3 Å². The fourth-order valence-corrected chi connectivity index (χ4v) is 2.00. The highest BCUT2D eigenvalue weighted by Crippen LogP contribution is 2.44. The normalized spacial score (nSPS) is 27.1. The molecule has 1 aliphatic rings. The van der Waals surface area contributed by atoms with Gasteiger partial charge >= 0.3 is 15.6 Å². The molecule has 0 amide bonds. The van der Waals surface area contributed by atoms with E-state index < -0.39 is 27.1 Å². The maximum absolute atomic E-state index is 11.9. The Kier molecular flexibility index (Phi) is 2.60. The van der Waals surface area contributed by atoms with Crippen LogP contribution in [0.15, 0.2) is 0 Å². The minimum atomic E-state index is -5.43. The van der Waals surface area contributed by atoms with Crippen LogP contribution >= 0.6 is 0 Å². The van der Waals surface area contributed by atoms with Crippen LogP contribution in [0.1, 0.15) is 26.7 Å². The van der Waals surface area contributed by atoms with E-state index in [1.807, 2.05) is 0 Å². The highest BCUT2D eigenvalue weighted by molar-refractivity contribution is 7.87. The fraction of sp³-hybridized carbons (Fsp3) is 1.00. The number of halogens is 3. The van der Waals surface area contributed by atoms with Gasteiger partial charge in [0.1, 0.15) is 0 Å². The zero-order valence-corrected chi connectivity index (χ0v) is 8.57. The molecule has 7 heteroatoms. The van der Waals surface area contributed by atoms with Gasteiger partial charge in [0.05, 0.1) is 6.10 Å². The summed E-state index contributed by atoms with van der Waals surface area (Å²) in [6.45, 7) is 3.35. The summed E-state index contributed by atoms with van der Waals surface area (Å²) in [4.78, 5) is 0. The van der Waals surface area contributed by atoms with E-state index in [1.54, 1.807) is 13.8 Å². The number of rotatable bonds is 2. The van der Waals surface area contributed by atoms with Gasteiger partial charge in [-0.25, -0.2) is 0 Å². The molecule has 0 saturated heterocycles. The summed E-state index contributed by atoms with van der Waals surface area (Å²) in [6.07, 6.45) is 0.169. The Hall–Kier alpha value is -0.300. The average molecular weight is 232 g/mol. The Morgan fingerprint density at radius 2 is 1.86 bits per heavy atom. The summed E-state index contributed by atoms with van der Waals surface area (Å²) in [5, 5.41) is 0. The minimum absolute atomic E-state index is 0.350. The molecule has 0 N–H and O–H groups in total. The molecule has 0 aliphatic heterocycles. The third-order valence-electron chi connectivity index (χ3n) is 2.45. The molecule has 0 bridgehead atoms. The van der Waals surface area contributed by atoms with E-state index in [0.717, 1.165) is 0 Å². The highest BCUT2D eigenvalue weighted by Gasteiger charge is 2.52. The van der Waals surface area contributed by atoms with Crippen LogP contribution in [0.5, 0.6) is 0 Å². The molecule has 1 atom stereocenters. The second-order valence-electron chi connectivity index (χ2n) is 4.01. The highest BCUT2D eigenvalue weighted by atomic mass is 32.2. The van der Waals surface area contributed by atoms with Gasteiger partial charge in [-0.05, 0) is 18.3 Å². The van der Waals surface area contributed by atoms with Gasteiger partial charge in [-0.2, -0.15) is 21.6 Å². The van der Waals surface area contributed by atoms with E-state index in [-0.39, 0.29) is 0 Å². The van der Waals surface area contributed by atoms with E-state index in [1.165, 1.54) is 0 Å². The van der Waals surface area contributed by atoms with Gasteiger partial charge in [0.25, 0.3) is 0 Å². The van der Waals surface area contributed by atoms with Crippen LogP contribution in [0.3, 0.4) is 0 Å². The van der Waals surface area contributed by atoms with Gasteiger partial charge in [-0.3, -0.25) is 4.18 Å². The Balaban J connectivity index is 2.71. The van der Waals surface area contributed by atoms with Crippen LogP contribution in [0, 0.1) is 5.41 Å². The Labute approximate surface area is 80.4 Å². The van der Waals surface area contributed by atoms with Crippen molar-refractivity contribution in [3.05, 3.63) is 0 Å². The molecule has 1 saturated carbocycles. The molecule has 1 rings (SSSR count). The molecule has 1 unspecified atom stereocenters. The van der Waals surface area contributed by atoms with Crippen molar-refractivity contribution in [3.63, 3.8) is 0 Å². The molecule has 0 aromatic heterocycles. The van der Waals surface area contributed by atoms with Gasteiger partial charge in [0.2, 0.25) is 0 Å². The standard InChI is InChI=1S/C7H11F3O3S/c1-6(2)4-3-5(6)13-14(11,12)7(8,9)10/h5H,3-4H2,1-2H3. The quantitative estimate of drug-likeness (QED) is 0.540. The summed E-state index contributed by atoms with van der Waals surface area (Å²) in [5.74, 6) is 0. The van der Waals surface area contributed by atoms with Crippen molar-refractivity contribution < 1.29 is 25.8 Å². The summed E-state index contributed by atoms with van der Waals surface area (Å²) in [5.41, 5.74) is -5.81. The lowest BCUT2D eigenvalue weighted by atomic mass is 9.69. The summed E-state index contributed by atoms with van der Waals surface area (Å²) >= 11 is 0. The monoisotopic (exact) mass is 232 g/mol. The van der Waals surface area contributed by atoms with Crippen molar-refractivity contribution in [1.29, 1.82) is 0 Å². The predicted octanol–water partition coefficient (Wildman–Crippen LogP) is 2.04. The average Bonchev–Trinajstić information content (AvgIpc) is 1.96. The van der Waals surface area contributed by atoms with Crippen LogP contribution in [0.4, 0.5) is 13.2 Å². The van der Waals surface area contributed by atoms with Crippen molar-refractivity contribution in [3.8, 4) is 0 Å². The zero-order valence-electron chi connectivity index (χ0n) is 7.76. The first kappa shape index (κ1) is 11.8. The SMILES string of the molecule is CC1(C)CCC1OS(=O)(=O)C(F)(F)F. The molecule has 0 spiro atoms. The van der Waals surface area contributed by atoms with Crippen molar-refractivity contribution >= 4 is 10.1 Å². The van der Waals surface area contributed by atoms with Gasteiger partial charge in [-0.15, -0.1) is 0 Å². The molecule has 1 fully saturated rings. The molecule has 1 aliphatic carbocycles. The van der Waals surface area contributed by atoms with Crippen molar-refractivity contribution in [2.24, 2.45) is 5.41 Å². The van der Waals surface area contributed by atoms with E-state index in [9.17, 15) is 21.6 Å². The molecule has 14 heavy (non-hydrogen) atoms. The Morgan fingerprint density at radius 1 is 1.36 bits per heavy atom. The molecule has 84 valence electrons. The fourth-order valence-electron chi connectivity index (χ4n) is 1.23. The van der Waals surface area contributed by atoms with Crippen LogP contribution in [0.2, 0.25) is 0 Å². The first-order valence-corrected chi connectivity index (χ1v) is 5.47. The first-order chi connectivity index (χ1) is 6.06. The predicted molar refractivity (Wildman–Crippen MR) is 42.9 cm³/mol. The molecule has 0 aromatic rings. The van der Waals surface area contributed by atoms with Gasteiger partial charge < -0.3 is 0 Å². The number of hydrogen-bond acceptors (Lipinski definition) is 3. The third kappa shape index (κ3) is 2.03. The Bertz CT molecular complexity index is 318. The molecular weight excluding hydrogens is 221 g/mol.